The lowest BCUT2D eigenvalue weighted by atomic mass is 9.97. The maximum atomic E-state index is 14.0. The summed E-state index contributed by atoms with van der Waals surface area (Å²) in [5.41, 5.74) is 3.04. The van der Waals surface area contributed by atoms with Crippen molar-refractivity contribution in [3.63, 3.8) is 0 Å². The minimum atomic E-state index is -3.27. The number of hydrogen-bond acceptors (Lipinski definition) is 4. The third kappa shape index (κ3) is 5.67. The van der Waals surface area contributed by atoms with E-state index in [2.05, 4.69) is 146 Å². The Morgan fingerprint density at radius 2 is 0.651 bits per heavy atom. The summed E-state index contributed by atoms with van der Waals surface area (Å²) in [7, 11) is -3.27. The van der Waals surface area contributed by atoms with Gasteiger partial charge in [0, 0.05) is 10.8 Å². The fourth-order valence-electron chi connectivity index (χ4n) is 10.2. The normalized spacial score (nSPS) is 11.9. The Morgan fingerprint density at radius 3 is 1.08 bits per heavy atom. The Kier molecular flexibility index (Phi) is 8.46. The molecule has 12 rings (SSSR count). The number of hydrogen-bond donors (Lipinski definition) is 0. The molecule has 63 heavy (non-hydrogen) atoms. The van der Waals surface area contributed by atoms with Crippen molar-refractivity contribution >= 4 is 93.8 Å². The first-order valence-electron chi connectivity index (χ1n) is 21.2. The van der Waals surface area contributed by atoms with Crippen molar-refractivity contribution in [2.75, 3.05) is 0 Å². The van der Waals surface area contributed by atoms with Crippen molar-refractivity contribution in [2.45, 2.75) is 0 Å². The third-order valence-corrected chi connectivity index (χ3v) is 17.8. The molecule has 2 heterocycles. The first kappa shape index (κ1) is 36.7. The molecule has 2 aromatic heterocycles. The Bertz CT molecular complexity index is 3650. The van der Waals surface area contributed by atoms with Gasteiger partial charge in [-0.1, -0.05) is 194 Å². The zero-order chi connectivity index (χ0) is 42.1. The van der Waals surface area contributed by atoms with Crippen LogP contribution in [0.15, 0.2) is 237 Å². The van der Waals surface area contributed by atoms with Crippen LogP contribution in [0.25, 0.3) is 87.3 Å². The van der Waals surface area contributed by atoms with E-state index < -0.39 is 8.07 Å². The maximum absolute atomic E-state index is 14.0. The van der Waals surface area contributed by atoms with Gasteiger partial charge in [0.2, 0.25) is 0 Å². The molecule has 297 valence electrons. The van der Waals surface area contributed by atoms with Crippen LogP contribution in [0.5, 0.6) is 0 Å². The van der Waals surface area contributed by atoms with Crippen molar-refractivity contribution in [1.82, 2.24) is 0 Å². The molecular weight excluding hydrogens is 789 g/mol. The van der Waals surface area contributed by atoms with Crippen molar-refractivity contribution in [1.29, 1.82) is 0 Å². The van der Waals surface area contributed by atoms with Gasteiger partial charge in [-0.3, -0.25) is 0 Å². The lowest BCUT2D eigenvalue weighted by Gasteiger charge is -2.48. The van der Waals surface area contributed by atoms with E-state index in [9.17, 15) is 9.59 Å². The molecule has 0 atom stereocenters. The molecule has 0 aliphatic heterocycles. The van der Waals surface area contributed by atoms with E-state index in [0.717, 1.165) is 65.0 Å². The zero-order valence-corrected chi connectivity index (χ0v) is 34.9. The first-order chi connectivity index (χ1) is 31.1. The van der Waals surface area contributed by atoms with Gasteiger partial charge >= 0.3 is 11.3 Å². The Labute approximate surface area is 362 Å². The average Bonchev–Trinajstić information content (AvgIpc) is 3.34. The summed E-state index contributed by atoms with van der Waals surface area (Å²) < 4.78 is 12.2. The van der Waals surface area contributed by atoms with Crippen LogP contribution in [0.3, 0.4) is 0 Å². The molecule has 0 aliphatic rings. The SMILES string of the molecule is O=c1oc2ccc3ccccc3c2cc1-c1ccc([Si-](c2ccccc2)(c2ccccc2)c2ccc(-c3cc4c(ccc5ccccc54)oc3=O)c3ccccc23)c2ccccc12. The zero-order valence-electron chi connectivity index (χ0n) is 33.9. The molecule has 4 nitrogen and oxygen atoms in total. The van der Waals surface area contributed by atoms with Crippen LogP contribution in [-0.2, 0) is 0 Å². The molecule has 0 spiro atoms. The molecule has 0 radical (unpaired) electrons. The molecule has 0 aliphatic carbocycles. The number of benzene rings is 10. The van der Waals surface area contributed by atoms with Crippen LogP contribution in [-0.4, -0.2) is 8.07 Å². The van der Waals surface area contributed by atoms with E-state index in [1.165, 1.54) is 20.7 Å². The summed E-state index contributed by atoms with van der Waals surface area (Å²) in [6.45, 7) is 0. The highest BCUT2D eigenvalue weighted by molar-refractivity contribution is 7.21. The standard InChI is InChI=1S/C58H36O4Si/c59-57-51(35-49-41-21-9-7-15-37(41)27-31-53(49)61-57)45-29-33-55(47-25-13-11-23-43(45)47)63(39-17-3-1-4-18-39,40-19-5-2-6-20-40)56-34-30-46(44-24-12-14-26-48(44)56)52-36-50-42-22-10-8-16-38(42)28-32-54(50)62-58(52)60/h1-36H/q-1. The van der Waals surface area contributed by atoms with Crippen LogP contribution in [0, 0.1) is 0 Å². The Hall–Kier alpha value is -8.12. The van der Waals surface area contributed by atoms with Gasteiger partial charge in [0.1, 0.15) is 11.2 Å². The highest BCUT2D eigenvalue weighted by atomic mass is 28.3. The molecule has 5 heteroatoms. The number of fused-ring (bicyclic) bond motifs is 8. The van der Waals surface area contributed by atoms with E-state index >= 15 is 0 Å². The minimum Gasteiger partial charge on any atom is -0.422 e. The van der Waals surface area contributed by atoms with E-state index in [0.29, 0.717) is 22.3 Å². The molecule has 0 unspecified atom stereocenters. The highest BCUT2D eigenvalue weighted by Gasteiger charge is 2.32. The van der Waals surface area contributed by atoms with Gasteiger partial charge in [-0.05, 0) is 86.6 Å². The monoisotopic (exact) mass is 824 g/mol. The topological polar surface area (TPSA) is 60.4 Å². The van der Waals surface area contributed by atoms with E-state index in [1.54, 1.807) is 0 Å². The van der Waals surface area contributed by atoms with Gasteiger partial charge in [-0.2, -0.15) is 20.7 Å². The lowest BCUT2D eigenvalue weighted by molar-refractivity contribution is 0.563. The smallest absolute Gasteiger partial charge is 0.344 e. The van der Waals surface area contributed by atoms with Crippen LogP contribution >= 0.6 is 0 Å². The fraction of sp³-hybridized carbons (Fsp3) is 0. The second-order valence-electron chi connectivity index (χ2n) is 16.2. The van der Waals surface area contributed by atoms with Crippen LogP contribution in [0.1, 0.15) is 0 Å². The molecule has 10 aromatic carbocycles. The van der Waals surface area contributed by atoms with E-state index in [-0.39, 0.29) is 11.3 Å². The lowest BCUT2D eigenvalue weighted by Crippen LogP contribution is -2.75. The summed E-state index contributed by atoms with van der Waals surface area (Å²) in [5.74, 6) is 0. The highest BCUT2D eigenvalue weighted by Crippen LogP contribution is 2.35. The van der Waals surface area contributed by atoms with Gasteiger partial charge in [0.15, 0.2) is 0 Å². The van der Waals surface area contributed by atoms with Gasteiger partial charge in [0.25, 0.3) is 0 Å². The van der Waals surface area contributed by atoms with Gasteiger partial charge in [-0.15, -0.1) is 0 Å². The molecule has 0 N–H and O–H groups in total. The van der Waals surface area contributed by atoms with Crippen molar-refractivity contribution in [3.05, 3.63) is 239 Å². The maximum Gasteiger partial charge on any atom is 0.344 e. The second-order valence-corrected chi connectivity index (χ2v) is 19.9. The largest absolute Gasteiger partial charge is 0.422 e. The summed E-state index contributed by atoms with van der Waals surface area (Å²) in [5, 5.41) is 14.9. The van der Waals surface area contributed by atoms with Crippen molar-refractivity contribution in [3.8, 4) is 22.3 Å². The van der Waals surface area contributed by atoms with Gasteiger partial charge in [0.05, 0.1) is 11.1 Å². The fourth-order valence-corrected chi connectivity index (χ4v) is 15.3. The molecule has 0 fully saturated rings. The molecule has 0 amide bonds. The predicted molar refractivity (Wildman–Crippen MR) is 263 cm³/mol. The molecule has 0 saturated heterocycles. The van der Waals surface area contributed by atoms with Crippen LogP contribution in [0.4, 0.5) is 0 Å². The first-order valence-corrected chi connectivity index (χ1v) is 23.2. The van der Waals surface area contributed by atoms with Crippen LogP contribution < -0.4 is 32.0 Å². The second kappa shape index (κ2) is 14.5. The van der Waals surface area contributed by atoms with E-state index in [1.807, 2.05) is 72.8 Å². The minimum absolute atomic E-state index is 0.377. The predicted octanol–water partition coefficient (Wildman–Crippen LogP) is 11.2. The Morgan fingerprint density at radius 1 is 0.286 bits per heavy atom. The summed E-state index contributed by atoms with van der Waals surface area (Å²) in [4.78, 5) is 28.1. The summed E-state index contributed by atoms with van der Waals surface area (Å²) >= 11 is 0. The molecule has 0 bridgehead atoms. The Balaban J connectivity index is 1.16. The summed E-state index contributed by atoms with van der Waals surface area (Å²) in [6.07, 6.45) is 0. The average molecular weight is 825 g/mol. The molecule has 0 saturated carbocycles. The summed E-state index contributed by atoms with van der Waals surface area (Å²) in [6, 6.07) is 75.5. The number of rotatable bonds is 6. The van der Waals surface area contributed by atoms with Crippen LogP contribution in [0.2, 0.25) is 0 Å². The van der Waals surface area contributed by atoms with E-state index in [4.69, 9.17) is 8.83 Å². The molecular formula is C58H36O4Si-. The van der Waals surface area contributed by atoms with Gasteiger partial charge in [-0.25, -0.2) is 9.59 Å². The van der Waals surface area contributed by atoms with Gasteiger partial charge < -0.3 is 8.83 Å². The quantitative estimate of drug-likeness (QED) is 0.0725. The van der Waals surface area contributed by atoms with Crippen molar-refractivity contribution < 1.29 is 8.83 Å². The van der Waals surface area contributed by atoms with Crippen molar-refractivity contribution in [2.24, 2.45) is 0 Å². The molecule has 12 aromatic rings. The third-order valence-electron chi connectivity index (χ3n) is 12.9.